The van der Waals surface area contributed by atoms with Gasteiger partial charge in [-0.1, -0.05) is 19.1 Å². The van der Waals surface area contributed by atoms with E-state index in [-0.39, 0.29) is 11.7 Å². The van der Waals surface area contributed by atoms with Gasteiger partial charge in [0.2, 0.25) is 0 Å². The Labute approximate surface area is 157 Å². The zero-order valence-electron chi connectivity index (χ0n) is 15.5. The van der Waals surface area contributed by atoms with Crippen LogP contribution in [-0.2, 0) is 6.42 Å². The van der Waals surface area contributed by atoms with E-state index in [4.69, 9.17) is 0 Å². The fourth-order valence-electron chi connectivity index (χ4n) is 2.79. The van der Waals surface area contributed by atoms with E-state index in [1.54, 1.807) is 35.2 Å². The molecule has 5 nitrogen and oxygen atoms in total. The first-order valence-corrected chi connectivity index (χ1v) is 8.74. The number of hydrogen-bond acceptors (Lipinski definition) is 3. The van der Waals surface area contributed by atoms with Gasteiger partial charge in [-0.25, -0.2) is 14.5 Å². The first-order chi connectivity index (χ1) is 13.0. The van der Waals surface area contributed by atoms with Gasteiger partial charge >= 0.3 is 0 Å². The third kappa shape index (κ3) is 4.11. The maximum absolute atomic E-state index is 13.1. The molecule has 1 N–H and O–H groups in total. The molecule has 138 valence electrons. The highest BCUT2D eigenvalue weighted by molar-refractivity contribution is 5.95. The van der Waals surface area contributed by atoms with Crippen molar-refractivity contribution in [1.29, 1.82) is 0 Å². The number of aryl methyl sites for hydroxylation is 2. The van der Waals surface area contributed by atoms with Crippen LogP contribution >= 0.6 is 0 Å². The van der Waals surface area contributed by atoms with Gasteiger partial charge in [0.05, 0.1) is 23.3 Å². The topological polar surface area (TPSA) is 59.3 Å². The average molecular weight is 364 g/mol. The number of benzene rings is 2. The molecule has 0 bridgehead atoms. The quantitative estimate of drug-likeness (QED) is 0.550. The van der Waals surface area contributed by atoms with Crippen molar-refractivity contribution < 1.29 is 9.18 Å². The standard InChI is InChI=1S/C21H21FN4O/c1-4-16-5-7-17(8-6-16)21(27)24-23-13-20-14(2)25-26(15(20)3)19-11-9-18(22)10-12-19/h5-13H,4H2,1-3H3,(H,24,27)/b23-13-. The second kappa shape index (κ2) is 7.95. The van der Waals surface area contributed by atoms with Crippen LogP contribution in [0.4, 0.5) is 4.39 Å². The lowest BCUT2D eigenvalue weighted by Gasteiger charge is -2.04. The van der Waals surface area contributed by atoms with E-state index in [1.807, 2.05) is 26.0 Å². The van der Waals surface area contributed by atoms with Gasteiger partial charge in [0.25, 0.3) is 5.91 Å². The van der Waals surface area contributed by atoms with Crippen LogP contribution in [-0.4, -0.2) is 21.9 Å². The predicted molar refractivity (Wildman–Crippen MR) is 104 cm³/mol. The van der Waals surface area contributed by atoms with Gasteiger partial charge in [-0.05, 0) is 62.2 Å². The van der Waals surface area contributed by atoms with Crippen molar-refractivity contribution in [3.8, 4) is 5.69 Å². The van der Waals surface area contributed by atoms with E-state index in [0.29, 0.717) is 5.56 Å². The number of nitrogens with one attached hydrogen (secondary N) is 1. The number of hydrogen-bond donors (Lipinski definition) is 1. The monoisotopic (exact) mass is 364 g/mol. The maximum atomic E-state index is 13.1. The SMILES string of the molecule is CCc1ccc(C(=O)N/N=C\c2c(C)nn(-c3ccc(F)cc3)c2C)cc1. The Morgan fingerprint density at radius 1 is 1.15 bits per heavy atom. The van der Waals surface area contributed by atoms with Crippen molar-refractivity contribution in [3.63, 3.8) is 0 Å². The lowest BCUT2D eigenvalue weighted by molar-refractivity contribution is 0.0955. The van der Waals surface area contributed by atoms with Gasteiger partial charge in [-0.2, -0.15) is 10.2 Å². The predicted octanol–water partition coefficient (Wildman–Crippen LogP) is 3.95. The maximum Gasteiger partial charge on any atom is 0.271 e. The number of hydrazone groups is 1. The second-order valence-corrected chi connectivity index (χ2v) is 6.22. The third-order valence-electron chi connectivity index (χ3n) is 4.40. The summed E-state index contributed by atoms with van der Waals surface area (Å²) in [6.07, 6.45) is 2.51. The molecule has 6 heteroatoms. The molecule has 1 heterocycles. The third-order valence-corrected chi connectivity index (χ3v) is 4.40. The summed E-state index contributed by atoms with van der Waals surface area (Å²) in [5.41, 5.74) is 7.46. The molecule has 3 aromatic rings. The number of nitrogens with zero attached hydrogens (tertiary/aromatic N) is 3. The average Bonchev–Trinajstić information content (AvgIpc) is 2.96. The van der Waals surface area contributed by atoms with Crippen molar-refractivity contribution in [2.75, 3.05) is 0 Å². The zero-order chi connectivity index (χ0) is 19.4. The van der Waals surface area contributed by atoms with E-state index in [0.717, 1.165) is 29.1 Å². The van der Waals surface area contributed by atoms with Crippen LogP contribution in [0.15, 0.2) is 53.6 Å². The molecule has 0 atom stereocenters. The van der Waals surface area contributed by atoms with Gasteiger partial charge in [-0.3, -0.25) is 4.79 Å². The first-order valence-electron chi connectivity index (χ1n) is 8.74. The normalized spacial score (nSPS) is 11.1. The smallest absolute Gasteiger partial charge is 0.267 e. The van der Waals surface area contributed by atoms with Crippen LogP contribution in [0.3, 0.4) is 0 Å². The lowest BCUT2D eigenvalue weighted by Crippen LogP contribution is -2.17. The van der Waals surface area contributed by atoms with E-state index in [9.17, 15) is 9.18 Å². The number of rotatable bonds is 5. The van der Waals surface area contributed by atoms with E-state index < -0.39 is 0 Å². The van der Waals surface area contributed by atoms with Gasteiger partial charge in [0.15, 0.2) is 0 Å². The summed E-state index contributed by atoms with van der Waals surface area (Å²) in [5, 5.41) is 8.54. The first kappa shape index (κ1) is 18.5. The minimum Gasteiger partial charge on any atom is -0.267 e. The Hall–Kier alpha value is -3.28. The summed E-state index contributed by atoms with van der Waals surface area (Å²) < 4.78 is 14.8. The molecule has 0 aliphatic rings. The Kier molecular flexibility index (Phi) is 5.45. The van der Waals surface area contributed by atoms with Crippen molar-refractivity contribution in [2.24, 2.45) is 5.10 Å². The molecule has 1 amide bonds. The molecule has 3 rings (SSSR count). The van der Waals surface area contributed by atoms with Crippen LogP contribution in [0.25, 0.3) is 5.69 Å². The van der Waals surface area contributed by atoms with E-state index in [2.05, 4.69) is 22.5 Å². The van der Waals surface area contributed by atoms with Crippen LogP contribution in [0.2, 0.25) is 0 Å². The highest BCUT2D eigenvalue weighted by Gasteiger charge is 2.11. The summed E-state index contributed by atoms with van der Waals surface area (Å²) >= 11 is 0. The van der Waals surface area contributed by atoms with Gasteiger partial charge < -0.3 is 0 Å². The van der Waals surface area contributed by atoms with Gasteiger partial charge in [0, 0.05) is 11.1 Å². The van der Waals surface area contributed by atoms with Crippen LogP contribution < -0.4 is 5.43 Å². The summed E-state index contributed by atoms with van der Waals surface area (Å²) in [5.74, 6) is -0.563. The number of aromatic nitrogens is 2. The molecule has 0 radical (unpaired) electrons. The molecule has 0 fully saturated rings. The largest absolute Gasteiger partial charge is 0.271 e. The lowest BCUT2D eigenvalue weighted by atomic mass is 10.1. The summed E-state index contributed by atoms with van der Waals surface area (Å²) in [6, 6.07) is 13.5. The Balaban J connectivity index is 1.75. The van der Waals surface area contributed by atoms with Gasteiger partial charge in [-0.15, -0.1) is 0 Å². The highest BCUT2D eigenvalue weighted by Crippen LogP contribution is 2.16. The Morgan fingerprint density at radius 2 is 1.81 bits per heavy atom. The highest BCUT2D eigenvalue weighted by atomic mass is 19.1. The van der Waals surface area contributed by atoms with E-state index in [1.165, 1.54) is 17.7 Å². The molecule has 0 spiro atoms. The molecule has 27 heavy (non-hydrogen) atoms. The molecule has 0 unspecified atom stereocenters. The Morgan fingerprint density at radius 3 is 2.44 bits per heavy atom. The van der Waals surface area contributed by atoms with Crippen molar-refractivity contribution in [2.45, 2.75) is 27.2 Å². The van der Waals surface area contributed by atoms with E-state index >= 15 is 0 Å². The molecule has 1 aromatic heterocycles. The number of halogens is 1. The minimum absolute atomic E-state index is 0.268. The number of amides is 1. The summed E-state index contributed by atoms with van der Waals surface area (Å²) in [6.45, 7) is 5.83. The zero-order valence-corrected chi connectivity index (χ0v) is 15.5. The summed E-state index contributed by atoms with van der Waals surface area (Å²) in [4.78, 5) is 12.2. The molecular formula is C21H21FN4O. The van der Waals surface area contributed by atoms with Crippen LogP contribution in [0.1, 0.15) is 39.8 Å². The van der Waals surface area contributed by atoms with Crippen LogP contribution in [0, 0.1) is 19.7 Å². The molecular weight excluding hydrogens is 343 g/mol. The second-order valence-electron chi connectivity index (χ2n) is 6.22. The van der Waals surface area contributed by atoms with Crippen molar-refractivity contribution >= 4 is 12.1 Å². The fourth-order valence-corrected chi connectivity index (χ4v) is 2.79. The van der Waals surface area contributed by atoms with Gasteiger partial charge in [0.1, 0.15) is 5.82 Å². The molecule has 0 aliphatic carbocycles. The molecule has 2 aromatic carbocycles. The number of carbonyl (C=O) groups excluding carboxylic acids is 1. The van der Waals surface area contributed by atoms with Crippen molar-refractivity contribution in [1.82, 2.24) is 15.2 Å². The van der Waals surface area contributed by atoms with Crippen LogP contribution in [0.5, 0.6) is 0 Å². The Bertz CT molecular complexity index is 973. The summed E-state index contributed by atoms with van der Waals surface area (Å²) in [7, 11) is 0. The minimum atomic E-state index is -0.295. The van der Waals surface area contributed by atoms with Crippen molar-refractivity contribution in [3.05, 3.63) is 82.4 Å². The molecule has 0 aliphatic heterocycles. The molecule has 0 saturated heterocycles. The number of carbonyl (C=O) groups is 1. The molecule has 0 saturated carbocycles. The fraction of sp³-hybridized carbons (Fsp3) is 0.190.